The van der Waals surface area contributed by atoms with Crippen molar-refractivity contribution >= 4 is 17.7 Å². The fraction of sp³-hybridized carbons (Fsp3) is 0.235. The number of phenols is 1. The lowest BCUT2D eigenvalue weighted by atomic mass is 10.1. The Morgan fingerprint density at radius 2 is 1.83 bits per heavy atom. The molecule has 0 aliphatic carbocycles. The van der Waals surface area contributed by atoms with E-state index in [1.54, 1.807) is 18.2 Å². The molecule has 1 aliphatic rings. The highest BCUT2D eigenvalue weighted by Gasteiger charge is 2.32. The molecule has 0 spiro atoms. The number of carbonyl (C=O) groups excluding carboxylic acids is 1. The van der Waals surface area contributed by atoms with Gasteiger partial charge in [0.1, 0.15) is 17.1 Å². The first-order chi connectivity index (χ1) is 11.4. The summed E-state index contributed by atoms with van der Waals surface area (Å²) in [6.45, 7) is 2.32. The van der Waals surface area contributed by atoms with E-state index in [0.717, 1.165) is 4.57 Å². The van der Waals surface area contributed by atoms with Crippen molar-refractivity contribution < 1.29 is 9.90 Å². The van der Waals surface area contributed by atoms with Crippen molar-refractivity contribution in [2.75, 3.05) is 5.32 Å². The molecule has 3 rings (SSSR count). The molecule has 0 radical (unpaired) electrons. The maximum atomic E-state index is 12.6. The van der Waals surface area contributed by atoms with E-state index in [0.29, 0.717) is 18.5 Å². The Morgan fingerprint density at radius 1 is 1.17 bits per heavy atom. The first-order valence-electron chi connectivity index (χ1n) is 7.60. The fourth-order valence-electron chi connectivity index (χ4n) is 2.69. The van der Waals surface area contributed by atoms with Crippen LogP contribution in [0.25, 0.3) is 6.08 Å². The third-order valence-electron chi connectivity index (χ3n) is 3.92. The van der Waals surface area contributed by atoms with Gasteiger partial charge in [-0.3, -0.25) is 18.7 Å². The average molecular weight is 327 g/mol. The normalized spacial score (nSPS) is 14.8. The lowest BCUT2D eigenvalue weighted by Gasteiger charge is -2.11. The first kappa shape index (κ1) is 15.8. The third kappa shape index (κ3) is 2.44. The van der Waals surface area contributed by atoms with Crippen molar-refractivity contribution in [3.05, 3.63) is 61.9 Å². The van der Waals surface area contributed by atoms with Gasteiger partial charge < -0.3 is 10.4 Å². The second kappa shape index (κ2) is 5.84. The van der Waals surface area contributed by atoms with Crippen LogP contribution >= 0.6 is 0 Å². The van der Waals surface area contributed by atoms with Gasteiger partial charge in [-0.05, 0) is 30.2 Å². The lowest BCUT2D eigenvalue weighted by Crippen LogP contribution is -2.40. The van der Waals surface area contributed by atoms with Crippen LogP contribution in [0.4, 0.5) is 5.82 Å². The number of benzene rings is 1. The summed E-state index contributed by atoms with van der Waals surface area (Å²) in [6, 6.07) is 6.31. The zero-order chi connectivity index (χ0) is 17.4. The van der Waals surface area contributed by atoms with Crippen molar-refractivity contribution in [1.82, 2.24) is 9.13 Å². The molecule has 0 atom stereocenters. The second-order valence-corrected chi connectivity index (χ2v) is 5.63. The number of rotatable bonds is 3. The Bertz CT molecular complexity index is 965. The van der Waals surface area contributed by atoms with Gasteiger partial charge >= 0.3 is 5.69 Å². The number of anilines is 1. The zero-order valence-corrected chi connectivity index (χ0v) is 13.4. The number of aromatic nitrogens is 2. The number of hydrogen-bond donors (Lipinski definition) is 2. The largest absolute Gasteiger partial charge is 0.508 e. The van der Waals surface area contributed by atoms with E-state index in [1.807, 2.05) is 6.92 Å². The molecule has 1 aromatic carbocycles. The molecule has 24 heavy (non-hydrogen) atoms. The van der Waals surface area contributed by atoms with E-state index in [-0.39, 0.29) is 22.8 Å². The molecule has 2 N–H and O–H groups in total. The number of fused-ring (bicyclic) bond motifs is 1. The van der Waals surface area contributed by atoms with E-state index >= 15 is 0 Å². The topological polar surface area (TPSA) is 93.3 Å². The van der Waals surface area contributed by atoms with Crippen LogP contribution in [0.15, 0.2) is 39.6 Å². The highest BCUT2D eigenvalue weighted by molar-refractivity contribution is 6.19. The van der Waals surface area contributed by atoms with E-state index in [1.165, 1.54) is 23.7 Å². The van der Waals surface area contributed by atoms with E-state index in [4.69, 9.17) is 0 Å². The van der Waals surface area contributed by atoms with E-state index in [9.17, 15) is 19.5 Å². The molecule has 2 heterocycles. The molecule has 1 aliphatic heterocycles. The van der Waals surface area contributed by atoms with Crippen LogP contribution in [0, 0.1) is 0 Å². The maximum absolute atomic E-state index is 12.6. The predicted octanol–water partition coefficient (Wildman–Crippen LogP) is 1.31. The van der Waals surface area contributed by atoms with Gasteiger partial charge in [-0.2, -0.15) is 0 Å². The summed E-state index contributed by atoms with van der Waals surface area (Å²) in [5, 5.41) is 12.2. The second-order valence-electron chi connectivity index (χ2n) is 5.63. The molecule has 0 saturated carbocycles. The van der Waals surface area contributed by atoms with Gasteiger partial charge in [0, 0.05) is 13.6 Å². The van der Waals surface area contributed by atoms with E-state index < -0.39 is 17.0 Å². The summed E-state index contributed by atoms with van der Waals surface area (Å²) in [6.07, 6.45) is 2.28. The molecule has 0 unspecified atom stereocenters. The summed E-state index contributed by atoms with van der Waals surface area (Å²) in [5.41, 5.74) is -0.155. The van der Waals surface area contributed by atoms with Crippen molar-refractivity contribution in [3.8, 4) is 5.75 Å². The smallest absolute Gasteiger partial charge is 0.332 e. The van der Waals surface area contributed by atoms with Gasteiger partial charge in [0.15, 0.2) is 0 Å². The number of phenolic OH excluding ortho intramolecular Hbond substituents is 1. The Morgan fingerprint density at radius 3 is 2.46 bits per heavy atom. The molecule has 0 fully saturated rings. The van der Waals surface area contributed by atoms with Crippen molar-refractivity contribution in [1.29, 1.82) is 0 Å². The quantitative estimate of drug-likeness (QED) is 0.829. The summed E-state index contributed by atoms with van der Waals surface area (Å²) >= 11 is 0. The average Bonchev–Trinajstić information content (AvgIpc) is 2.88. The Balaban J connectivity index is 2.15. The monoisotopic (exact) mass is 327 g/mol. The molecular weight excluding hydrogens is 310 g/mol. The van der Waals surface area contributed by atoms with Gasteiger partial charge in [0.05, 0.1) is 5.70 Å². The highest BCUT2D eigenvalue weighted by Crippen LogP contribution is 2.26. The summed E-state index contributed by atoms with van der Waals surface area (Å²) in [5.74, 6) is -0.0692. The molecule has 124 valence electrons. The van der Waals surface area contributed by atoms with Crippen LogP contribution < -0.4 is 16.6 Å². The number of allylic oxidation sites excluding steroid dienone is 1. The molecule has 0 saturated heterocycles. The number of nitrogens with zero attached hydrogens (tertiary/aromatic N) is 2. The molecular formula is C17H17N3O4. The van der Waals surface area contributed by atoms with Crippen LogP contribution in [0.3, 0.4) is 0 Å². The molecule has 0 amide bonds. The number of ketones is 1. The van der Waals surface area contributed by atoms with Crippen LogP contribution in [-0.2, 0) is 13.6 Å². The van der Waals surface area contributed by atoms with Gasteiger partial charge in [-0.1, -0.05) is 19.1 Å². The SMILES string of the molecule is CCCn1c2c(c(=O)n(C)c1=O)C(=O)/C(=C/c1ccc(O)cc1)N2. The minimum absolute atomic E-state index is 0.0180. The Labute approximate surface area is 137 Å². The Kier molecular flexibility index (Phi) is 3.84. The summed E-state index contributed by atoms with van der Waals surface area (Å²) in [7, 11) is 1.37. The number of aromatic hydroxyl groups is 1. The van der Waals surface area contributed by atoms with Crippen LogP contribution in [0.1, 0.15) is 29.3 Å². The third-order valence-corrected chi connectivity index (χ3v) is 3.92. The van der Waals surface area contributed by atoms with E-state index in [2.05, 4.69) is 5.32 Å². The number of nitrogens with one attached hydrogen (secondary N) is 1. The molecule has 0 bridgehead atoms. The zero-order valence-electron chi connectivity index (χ0n) is 13.4. The molecule has 7 nitrogen and oxygen atoms in total. The number of hydrogen-bond acceptors (Lipinski definition) is 5. The number of Topliss-reactive ketones (excluding diaryl/α,β-unsaturated/α-hetero) is 1. The van der Waals surface area contributed by atoms with Gasteiger partial charge in [-0.25, -0.2) is 4.79 Å². The van der Waals surface area contributed by atoms with Crippen LogP contribution in [-0.4, -0.2) is 20.0 Å². The van der Waals surface area contributed by atoms with Crippen LogP contribution in [0.2, 0.25) is 0 Å². The molecule has 7 heteroatoms. The summed E-state index contributed by atoms with van der Waals surface area (Å²) in [4.78, 5) is 37.2. The van der Waals surface area contributed by atoms with Crippen LogP contribution in [0.5, 0.6) is 5.75 Å². The van der Waals surface area contributed by atoms with Gasteiger partial charge in [0.2, 0.25) is 5.78 Å². The lowest BCUT2D eigenvalue weighted by molar-refractivity contribution is 0.104. The highest BCUT2D eigenvalue weighted by atomic mass is 16.3. The predicted molar refractivity (Wildman–Crippen MR) is 90.3 cm³/mol. The fourth-order valence-corrected chi connectivity index (χ4v) is 2.69. The molecule has 1 aromatic heterocycles. The van der Waals surface area contributed by atoms with Gasteiger partial charge in [-0.15, -0.1) is 0 Å². The van der Waals surface area contributed by atoms with Gasteiger partial charge in [0.25, 0.3) is 5.56 Å². The molecule has 2 aromatic rings. The number of carbonyl (C=O) groups is 1. The minimum atomic E-state index is -0.603. The summed E-state index contributed by atoms with van der Waals surface area (Å²) < 4.78 is 2.36. The Hall–Kier alpha value is -3.09. The van der Waals surface area contributed by atoms with Crippen molar-refractivity contribution in [3.63, 3.8) is 0 Å². The minimum Gasteiger partial charge on any atom is -0.508 e. The van der Waals surface area contributed by atoms with Crippen molar-refractivity contribution in [2.45, 2.75) is 19.9 Å². The maximum Gasteiger partial charge on any atom is 0.332 e. The van der Waals surface area contributed by atoms with Crippen molar-refractivity contribution in [2.24, 2.45) is 7.05 Å². The standard InChI is InChI=1S/C17H17N3O4/c1-3-8-20-15-13(16(23)19(2)17(20)24)14(22)12(18-15)9-10-4-6-11(21)7-5-10/h4-7,9,18,21H,3,8H2,1-2H3/b12-9-. The first-order valence-corrected chi connectivity index (χ1v) is 7.60.